The van der Waals surface area contributed by atoms with Gasteiger partial charge in [0.25, 0.3) is 0 Å². The van der Waals surface area contributed by atoms with E-state index >= 15 is 0 Å². The summed E-state index contributed by atoms with van der Waals surface area (Å²) in [7, 11) is 0. The van der Waals surface area contributed by atoms with Crippen LogP contribution in [0.4, 0.5) is 0 Å². The molecule has 1 aliphatic rings. The topological polar surface area (TPSA) is 48.1 Å². The van der Waals surface area contributed by atoms with Crippen LogP contribution in [0.3, 0.4) is 0 Å². The summed E-state index contributed by atoms with van der Waals surface area (Å²) in [6.45, 7) is 0. The van der Waals surface area contributed by atoms with Crippen molar-refractivity contribution in [3.63, 3.8) is 0 Å². The number of nitrogens with two attached hydrogens (primary N) is 1. The Hall–Kier alpha value is -2.39. The molecule has 0 saturated carbocycles. The molecule has 2 N–H and O–H groups in total. The summed E-state index contributed by atoms with van der Waals surface area (Å²) in [4.78, 5) is 4.52. The largest absolute Gasteiger partial charge is 0.485 e. The van der Waals surface area contributed by atoms with E-state index in [0.717, 1.165) is 34.2 Å². The third-order valence-electron chi connectivity index (χ3n) is 4.07. The summed E-state index contributed by atoms with van der Waals surface area (Å²) in [5, 5.41) is 1.13. The van der Waals surface area contributed by atoms with Gasteiger partial charge in [-0.15, -0.1) is 0 Å². The van der Waals surface area contributed by atoms with Crippen LogP contribution >= 0.6 is 0 Å². The van der Waals surface area contributed by atoms with Gasteiger partial charge >= 0.3 is 0 Å². The van der Waals surface area contributed by atoms with Gasteiger partial charge < -0.3 is 10.5 Å². The highest BCUT2D eigenvalue weighted by Gasteiger charge is 2.27. The summed E-state index contributed by atoms with van der Waals surface area (Å²) in [6.07, 6.45) is 2.54. The second-order valence-corrected chi connectivity index (χ2v) is 5.41. The van der Waals surface area contributed by atoms with Crippen LogP contribution < -0.4 is 10.5 Å². The van der Waals surface area contributed by atoms with Gasteiger partial charge in [-0.2, -0.15) is 0 Å². The zero-order valence-electron chi connectivity index (χ0n) is 11.6. The van der Waals surface area contributed by atoms with Crippen molar-refractivity contribution in [3.8, 4) is 5.75 Å². The third kappa shape index (κ3) is 2.06. The van der Waals surface area contributed by atoms with Crippen LogP contribution in [0.15, 0.2) is 60.8 Å². The molecule has 0 radical (unpaired) electrons. The number of hydrogen-bond acceptors (Lipinski definition) is 3. The van der Waals surface area contributed by atoms with Crippen molar-refractivity contribution in [2.24, 2.45) is 5.73 Å². The predicted molar refractivity (Wildman–Crippen MR) is 83.1 cm³/mol. The summed E-state index contributed by atoms with van der Waals surface area (Å²) in [5.74, 6) is 0.884. The quantitative estimate of drug-likeness (QED) is 0.736. The number of para-hydroxylation sites is 2. The van der Waals surface area contributed by atoms with Crippen molar-refractivity contribution in [2.75, 3.05) is 0 Å². The Bertz CT molecular complexity index is 795. The Kier molecular flexibility index (Phi) is 2.86. The lowest BCUT2D eigenvalue weighted by Gasteiger charge is -2.30. The van der Waals surface area contributed by atoms with E-state index in [4.69, 9.17) is 10.5 Å². The first-order valence-electron chi connectivity index (χ1n) is 7.18. The van der Waals surface area contributed by atoms with E-state index in [1.165, 1.54) is 0 Å². The SMILES string of the molecule is NC1CC(c2cccc3cccnc23)Oc2ccccc21. The monoisotopic (exact) mass is 276 g/mol. The zero-order valence-corrected chi connectivity index (χ0v) is 11.6. The van der Waals surface area contributed by atoms with Crippen LogP contribution in [0.5, 0.6) is 5.75 Å². The summed E-state index contributed by atoms with van der Waals surface area (Å²) >= 11 is 0. The van der Waals surface area contributed by atoms with Gasteiger partial charge in [-0.3, -0.25) is 4.98 Å². The minimum absolute atomic E-state index is 0.00100. The molecule has 0 bridgehead atoms. The average molecular weight is 276 g/mol. The van der Waals surface area contributed by atoms with Gasteiger partial charge in [0.1, 0.15) is 11.9 Å². The smallest absolute Gasteiger partial charge is 0.128 e. The van der Waals surface area contributed by atoms with E-state index in [-0.39, 0.29) is 12.1 Å². The van der Waals surface area contributed by atoms with Crippen molar-refractivity contribution in [1.29, 1.82) is 0 Å². The molecule has 2 aromatic carbocycles. The van der Waals surface area contributed by atoms with Crippen molar-refractivity contribution < 1.29 is 4.74 Å². The second-order valence-electron chi connectivity index (χ2n) is 5.41. The van der Waals surface area contributed by atoms with Crippen molar-refractivity contribution in [1.82, 2.24) is 4.98 Å². The van der Waals surface area contributed by atoms with E-state index in [9.17, 15) is 0 Å². The molecule has 1 aliphatic heterocycles. The Balaban J connectivity index is 1.81. The molecule has 0 aliphatic carbocycles. The van der Waals surface area contributed by atoms with Gasteiger partial charge in [0.2, 0.25) is 0 Å². The highest BCUT2D eigenvalue weighted by atomic mass is 16.5. The number of rotatable bonds is 1. The van der Waals surface area contributed by atoms with Gasteiger partial charge in [0, 0.05) is 35.2 Å². The first-order chi connectivity index (χ1) is 10.3. The zero-order chi connectivity index (χ0) is 14.2. The number of hydrogen-bond donors (Lipinski definition) is 1. The van der Waals surface area contributed by atoms with Gasteiger partial charge in [0.15, 0.2) is 0 Å². The molecule has 2 heterocycles. The molecule has 2 atom stereocenters. The van der Waals surface area contributed by atoms with Crippen molar-refractivity contribution in [3.05, 3.63) is 71.9 Å². The molecular weight excluding hydrogens is 260 g/mol. The van der Waals surface area contributed by atoms with Crippen molar-refractivity contribution >= 4 is 10.9 Å². The first kappa shape index (κ1) is 12.4. The third-order valence-corrected chi connectivity index (χ3v) is 4.07. The van der Waals surface area contributed by atoms with E-state index in [1.54, 1.807) is 0 Å². The van der Waals surface area contributed by atoms with E-state index in [0.29, 0.717) is 0 Å². The molecule has 104 valence electrons. The van der Waals surface area contributed by atoms with Crippen LogP contribution in [0.25, 0.3) is 10.9 Å². The molecule has 0 saturated heterocycles. The molecule has 2 unspecified atom stereocenters. The Morgan fingerprint density at radius 1 is 0.952 bits per heavy atom. The number of aromatic nitrogens is 1. The predicted octanol–water partition coefficient (Wildman–Crippen LogP) is 3.76. The lowest BCUT2D eigenvalue weighted by Crippen LogP contribution is -2.24. The lowest BCUT2D eigenvalue weighted by molar-refractivity contribution is 0.163. The first-order valence-corrected chi connectivity index (χ1v) is 7.18. The number of fused-ring (bicyclic) bond motifs is 2. The Morgan fingerprint density at radius 3 is 2.71 bits per heavy atom. The summed E-state index contributed by atoms with van der Waals surface area (Å²) < 4.78 is 6.18. The van der Waals surface area contributed by atoms with Crippen molar-refractivity contribution in [2.45, 2.75) is 18.6 Å². The Morgan fingerprint density at radius 2 is 1.76 bits per heavy atom. The molecule has 1 aromatic heterocycles. The standard InChI is InChI=1S/C18H16N2O/c19-15-11-17(21-16-9-2-1-7-13(15)16)14-8-3-5-12-6-4-10-20-18(12)14/h1-10,15,17H,11,19H2. The van der Waals surface area contributed by atoms with E-state index < -0.39 is 0 Å². The normalized spacial score (nSPS) is 20.8. The molecule has 0 fully saturated rings. The number of nitrogens with zero attached hydrogens (tertiary/aromatic N) is 1. The molecule has 0 spiro atoms. The van der Waals surface area contributed by atoms with Gasteiger partial charge in [-0.05, 0) is 12.1 Å². The molecule has 21 heavy (non-hydrogen) atoms. The molecule has 4 rings (SSSR count). The van der Waals surface area contributed by atoms with Crippen LogP contribution in [0.2, 0.25) is 0 Å². The number of ether oxygens (including phenoxy) is 1. The van der Waals surface area contributed by atoms with E-state index in [1.807, 2.05) is 36.5 Å². The van der Waals surface area contributed by atoms with Crippen LogP contribution in [-0.4, -0.2) is 4.98 Å². The maximum absolute atomic E-state index is 6.32. The number of benzene rings is 2. The van der Waals surface area contributed by atoms with E-state index in [2.05, 4.69) is 29.2 Å². The van der Waals surface area contributed by atoms with Gasteiger partial charge in [-0.25, -0.2) is 0 Å². The highest BCUT2D eigenvalue weighted by molar-refractivity contribution is 5.82. The maximum Gasteiger partial charge on any atom is 0.128 e. The average Bonchev–Trinajstić information content (AvgIpc) is 2.54. The maximum atomic E-state index is 6.32. The fourth-order valence-electron chi connectivity index (χ4n) is 3.03. The number of pyridine rings is 1. The molecule has 3 aromatic rings. The minimum Gasteiger partial charge on any atom is -0.485 e. The van der Waals surface area contributed by atoms with Crippen LogP contribution in [0, 0.1) is 0 Å². The summed E-state index contributed by atoms with van der Waals surface area (Å²) in [6, 6.07) is 18.2. The molecule has 3 heteroatoms. The summed E-state index contributed by atoms with van der Waals surface area (Å²) in [5.41, 5.74) is 9.51. The Labute approximate surface area is 123 Å². The van der Waals surface area contributed by atoms with Crippen LogP contribution in [-0.2, 0) is 0 Å². The minimum atomic E-state index is -0.0477. The van der Waals surface area contributed by atoms with Gasteiger partial charge in [-0.1, -0.05) is 42.5 Å². The van der Waals surface area contributed by atoms with Crippen LogP contribution in [0.1, 0.15) is 29.7 Å². The molecular formula is C18H16N2O. The fraction of sp³-hybridized carbons (Fsp3) is 0.167. The fourth-order valence-corrected chi connectivity index (χ4v) is 3.03. The highest BCUT2D eigenvalue weighted by Crippen LogP contribution is 2.40. The van der Waals surface area contributed by atoms with Gasteiger partial charge in [0.05, 0.1) is 5.52 Å². The molecule has 0 amide bonds. The lowest BCUT2D eigenvalue weighted by atomic mass is 9.92. The molecule has 3 nitrogen and oxygen atoms in total. The second kappa shape index (κ2) is 4.86.